The predicted octanol–water partition coefficient (Wildman–Crippen LogP) is 2.69. The van der Waals surface area contributed by atoms with E-state index in [1.165, 1.54) is 47.0 Å². The van der Waals surface area contributed by atoms with E-state index in [9.17, 15) is 5.11 Å². The van der Waals surface area contributed by atoms with Gasteiger partial charge in [-0.1, -0.05) is 39.0 Å². The molecule has 1 N–H and O–H groups in total. The van der Waals surface area contributed by atoms with Gasteiger partial charge < -0.3 is 19.3 Å². The van der Waals surface area contributed by atoms with Gasteiger partial charge in [-0.3, -0.25) is 0 Å². The molecule has 0 spiro atoms. The van der Waals surface area contributed by atoms with Gasteiger partial charge in [-0.25, -0.2) is 0 Å². The molecule has 0 aromatic carbocycles. The Balaban J connectivity index is 3.79. The van der Waals surface area contributed by atoms with Gasteiger partial charge in [0.25, 0.3) is 5.97 Å². The molecule has 0 aliphatic rings. The van der Waals surface area contributed by atoms with Crippen LogP contribution in [0.15, 0.2) is 0 Å². The van der Waals surface area contributed by atoms with Crippen molar-refractivity contribution in [3.8, 4) is 0 Å². The number of ether oxygens (including phenoxy) is 3. The zero-order chi connectivity index (χ0) is 13.1. The van der Waals surface area contributed by atoms with Crippen LogP contribution in [0.4, 0.5) is 0 Å². The average Bonchev–Trinajstić information content (AvgIpc) is 2.36. The van der Waals surface area contributed by atoms with Gasteiger partial charge in [0.2, 0.25) is 0 Å². The largest absolute Gasteiger partial charge is 0.393 e. The molecule has 0 aliphatic carbocycles. The van der Waals surface area contributed by atoms with Crippen LogP contribution in [0, 0.1) is 0 Å². The van der Waals surface area contributed by atoms with Crippen LogP contribution in [0.5, 0.6) is 0 Å². The molecule has 0 saturated carbocycles. The smallest absolute Gasteiger partial charge is 0.284 e. The first-order valence-electron chi connectivity index (χ1n) is 6.47. The van der Waals surface area contributed by atoms with E-state index in [4.69, 9.17) is 14.2 Å². The molecule has 0 heterocycles. The predicted molar refractivity (Wildman–Crippen MR) is 67.8 cm³/mol. The fourth-order valence-corrected chi connectivity index (χ4v) is 1.87. The molecule has 0 radical (unpaired) electrons. The van der Waals surface area contributed by atoms with Crippen molar-refractivity contribution >= 4 is 0 Å². The van der Waals surface area contributed by atoms with Gasteiger partial charge >= 0.3 is 0 Å². The zero-order valence-electron chi connectivity index (χ0n) is 11.7. The Morgan fingerprint density at radius 1 is 0.941 bits per heavy atom. The van der Waals surface area contributed by atoms with E-state index in [0.717, 1.165) is 12.8 Å². The Bertz CT molecular complexity index is 161. The minimum atomic E-state index is -1.11. The van der Waals surface area contributed by atoms with Gasteiger partial charge in [-0.15, -0.1) is 0 Å². The van der Waals surface area contributed by atoms with E-state index in [2.05, 4.69) is 6.92 Å². The van der Waals surface area contributed by atoms with E-state index in [0.29, 0.717) is 6.42 Å². The average molecular weight is 248 g/mol. The first-order valence-corrected chi connectivity index (χ1v) is 6.47. The number of hydrogen-bond acceptors (Lipinski definition) is 4. The number of aliphatic hydroxyl groups is 1. The van der Waals surface area contributed by atoms with E-state index in [1.807, 2.05) is 0 Å². The Morgan fingerprint density at radius 2 is 1.47 bits per heavy atom. The fraction of sp³-hybridized carbons (Fsp3) is 1.00. The number of aliphatic hydroxyl groups excluding tert-OH is 1. The normalized spacial score (nSPS) is 13.9. The second-order valence-corrected chi connectivity index (χ2v) is 4.36. The van der Waals surface area contributed by atoms with Gasteiger partial charge in [0.15, 0.2) is 0 Å². The molecule has 4 heteroatoms. The van der Waals surface area contributed by atoms with E-state index < -0.39 is 12.1 Å². The van der Waals surface area contributed by atoms with E-state index >= 15 is 0 Å². The van der Waals surface area contributed by atoms with Crippen molar-refractivity contribution in [2.75, 3.05) is 21.3 Å². The third-order valence-corrected chi connectivity index (χ3v) is 3.06. The molecule has 0 aromatic rings. The fourth-order valence-electron chi connectivity index (χ4n) is 1.87. The molecule has 1 atom stereocenters. The van der Waals surface area contributed by atoms with Crippen LogP contribution in [-0.2, 0) is 14.2 Å². The SMILES string of the molecule is CCCCCCCC(O)CC(OC)(OC)OC. The van der Waals surface area contributed by atoms with Crippen LogP contribution >= 0.6 is 0 Å². The molecule has 4 nitrogen and oxygen atoms in total. The lowest BCUT2D eigenvalue weighted by Gasteiger charge is -2.30. The molecule has 17 heavy (non-hydrogen) atoms. The van der Waals surface area contributed by atoms with E-state index in [-0.39, 0.29) is 0 Å². The summed E-state index contributed by atoms with van der Waals surface area (Å²) in [5, 5.41) is 9.89. The van der Waals surface area contributed by atoms with Crippen molar-refractivity contribution < 1.29 is 19.3 Å². The lowest BCUT2D eigenvalue weighted by Crippen LogP contribution is -2.39. The standard InChI is InChI=1S/C13H28O4/c1-5-6-7-8-9-10-12(14)11-13(15-2,16-3)17-4/h12,14H,5-11H2,1-4H3. The van der Waals surface area contributed by atoms with Crippen molar-refractivity contribution in [3.63, 3.8) is 0 Å². The third kappa shape index (κ3) is 6.99. The Morgan fingerprint density at radius 3 is 1.94 bits per heavy atom. The van der Waals surface area contributed by atoms with Crippen LogP contribution < -0.4 is 0 Å². The minimum absolute atomic E-state index is 0.338. The molecule has 0 saturated heterocycles. The minimum Gasteiger partial charge on any atom is -0.393 e. The first-order chi connectivity index (χ1) is 8.14. The maximum absolute atomic E-state index is 9.89. The highest BCUT2D eigenvalue weighted by molar-refractivity contribution is 4.65. The summed E-state index contributed by atoms with van der Waals surface area (Å²) in [6.07, 6.45) is 6.62. The van der Waals surface area contributed by atoms with Crippen molar-refractivity contribution in [2.24, 2.45) is 0 Å². The van der Waals surface area contributed by atoms with Crippen molar-refractivity contribution in [1.29, 1.82) is 0 Å². The summed E-state index contributed by atoms with van der Waals surface area (Å²) in [7, 11) is 4.54. The molecule has 0 aromatic heterocycles. The zero-order valence-corrected chi connectivity index (χ0v) is 11.7. The number of methoxy groups -OCH3 is 3. The molecule has 0 rings (SSSR count). The van der Waals surface area contributed by atoms with Crippen molar-refractivity contribution in [1.82, 2.24) is 0 Å². The summed E-state index contributed by atoms with van der Waals surface area (Å²) in [6, 6.07) is 0. The van der Waals surface area contributed by atoms with Gasteiger partial charge in [0.05, 0.1) is 12.5 Å². The Labute approximate surface area is 105 Å². The maximum Gasteiger partial charge on any atom is 0.284 e. The topological polar surface area (TPSA) is 47.9 Å². The van der Waals surface area contributed by atoms with Crippen LogP contribution in [0.1, 0.15) is 51.9 Å². The molecule has 0 fully saturated rings. The Hall–Kier alpha value is -0.160. The van der Waals surface area contributed by atoms with Gasteiger partial charge in [-0.2, -0.15) is 0 Å². The summed E-state index contributed by atoms with van der Waals surface area (Å²) in [5.74, 6) is -1.11. The maximum atomic E-state index is 9.89. The highest BCUT2D eigenvalue weighted by Crippen LogP contribution is 2.21. The highest BCUT2D eigenvalue weighted by atomic mass is 16.9. The van der Waals surface area contributed by atoms with Crippen LogP contribution in [-0.4, -0.2) is 38.5 Å². The summed E-state index contributed by atoms with van der Waals surface area (Å²) >= 11 is 0. The van der Waals surface area contributed by atoms with E-state index in [1.54, 1.807) is 0 Å². The number of hydrogen-bond donors (Lipinski definition) is 1. The summed E-state index contributed by atoms with van der Waals surface area (Å²) in [6.45, 7) is 2.19. The van der Waals surface area contributed by atoms with Crippen molar-refractivity contribution in [2.45, 2.75) is 63.9 Å². The first kappa shape index (κ1) is 16.8. The van der Waals surface area contributed by atoms with Gasteiger partial charge in [0, 0.05) is 21.3 Å². The summed E-state index contributed by atoms with van der Waals surface area (Å²) in [4.78, 5) is 0. The third-order valence-electron chi connectivity index (χ3n) is 3.06. The molecule has 0 amide bonds. The molecule has 0 aliphatic heterocycles. The number of unbranched alkanes of at least 4 members (excludes halogenated alkanes) is 4. The molecule has 104 valence electrons. The van der Waals surface area contributed by atoms with Crippen molar-refractivity contribution in [3.05, 3.63) is 0 Å². The van der Waals surface area contributed by atoms with Gasteiger partial charge in [-0.05, 0) is 6.42 Å². The molecule has 0 bridgehead atoms. The lowest BCUT2D eigenvalue weighted by atomic mass is 10.1. The second-order valence-electron chi connectivity index (χ2n) is 4.36. The highest BCUT2D eigenvalue weighted by Gasteiger charge is 2.32. The monoisotopic (exact) mass is 248 g/mol. The van der Waals surface area contributed by atoms with Gasteiger partial charge in [0.1, 0.15) is 0 Å². The molecule has 1 unspecified atom stereocenters. The number of rotatable bonds is 11. The second kappa shape index (κ2) is 9.83. The van der Waals surface area contributed by atoms with Crippen LogP contribution in [0.2, 0.25) is 0 Å². The summed E-state index contributed by atoms with van der Waals surface area (Å²) < 4.78 is 15.4. The molecular formula is C13H28O4. The lowest BCUT2D eigenvalue weighted by molar-refractivity contribution is -0.361. The van der Waals surface area contributed by atoms with Crippen LogP contribution in [0.3, 0.4) is 0 Å². The Kier molecular flexibility index (Phi) is 9.74. The quantitative estimate of drug-likeness (QED) is 0.451. The summed E-state index contributed by atoms with van der Waals surface area (Å²) in [5.41, 5.74) is 0. The molecular weight excluding hydrogens is 220 g/mol. The van der Waals surface area contributed by atoms with Crippen LogP contribution in [0.25, 0.3) is 0 Å².